The summed E-state index contributed by atoms with van der Waals surface area (Å²) in [6, 6.07) is 4.29. The molecule has 0 atom stereocenters. The van der Waals surface area contributed by atoms with Gasteiger partial charge in [0.15, 0.2) is 0 Å². The van der Waals surface area contributed by atoms with Crippen LogP contribution in [-0.2, 0) is 32.7 Å². The fourth-order valence-corrected chi connectivity index (χ4v) is 10.2. The Kier molecular flexibility index (Phi) is 22.6. The van der Waals surface area contributed by atoms with Crippen LogP contribution in [0.25, 0.3) is 16.0 Å². The zero-order valence-electron chi connectivity index (χ0n) is 34.7. The normalized spacial score (nSPS) is 22.8. The summed E-state index contributed by atoms with van der Waals surface area (Å²) in [6.45, 7) is 8.86. The summed E-state index contributed by atoms with van der Waals surface area (Å²) in [6.07, 6.45) is 32.7. The third kappa shape index (κ3) is 13.3. The minimum absolute atomic E-state index is 0. The van der Waals surface area contributed by atoms with Gasteiger partial charge in [-0.15, -0.1) is 0 Å². The van der Waals surface area contributed by atoms with Crippen LogP contribution in [-0.4, -0.2) is 110 Å². The van der Waals surface area contributed by atoms with Crippen LogP contribution in [0.2, 0.25) is 0 Å². The molecule has 0 N–H and O–H groups in total. The maximum Gasteiger partial charge on any atom is 3.00 e. The van der Waals surface area contributed by atoms with Gasteiger partial charge in [-0.2, -0.15) is 0 Å². The Morgan fingerprint density at radius 3 is 0.635 bits per heavy atom. The molecule has 6 saturated carbocycles. The van der Waals surface area contributed by atoms with Crippen LogP contribution >= 0.6 is 0 Å². The molecule has 0 aromatic carbocycles. The number of hydrogen-bond donors (Lipinski definition) is 0. The largest absolute Gasteiger partial charge is 3.00 e. The van der Waals surface area contributed by atoms with Crippen LogP contribution in [0.15, 0.2) is 15.0 Å². The molecular formula is C42H78N9Y. The van der Waals surface area contributed by atoms with Gasteiger partial charge in [0.1, 0.15) is 0 Å². The fraction of sp³-hybridized carbons (Fsp3) is 0.929. The van der Waals surface area contributed by atoms with E-state index in [1.807, 2.05) is 21.1 Å². The quantitative estimate of drug-likeness (QED) is 0.172. The Labute approximate surface area is 346 Å². The topological polar surface area (TPSA) is 89.1 Å². The fourth-order valence-electron chi connectivity index (χ4n) is 10.2. The van der Waals surface area contributed by atoms with Crippen molar-refractivity contribution in [1.29, 1.82) is 0 Å². The van der Waals surface area contributed by atoms with Crippen LogP contribution in [0.5, 0.6) is 0 Å². The molecule has 0 aromatic rings. The maximum absolute atomic E-state index is 4.61. The predicted octanol–water partition coefficient (Wildman–Crippen LogP) is 10.7. The van der Waals surface area contributed by atoms with Gasteiger partial charge < -0.3 is 45.6 Å². The standard InChI is InChI=1S/3C14H26N3.Y/c3*1-3-16-14(15-2)17(12-8-4-5-9-12)13-10-6-7-11-13;/h3*12-13H,3-11H2,1-2H3;/q3*-1;+3. The van der Waals surface area contributed by atoms with Gasteiger partial charge in [-0.1, -0.05) is 97.8 Å². The van der Waals surface area contributed by atoms with Gasteiger partial charge in [0.25, 0.3) is 0 Å². The summed E-state index contributed by atoms with van der Waals surface area (Å²) in [7, 11) is 5.68. The van der Waals surface area contributed by atoms with Crippen molar-refractivity contribution < 1.29 is 32.7 Å². The van der Waals surface area contributed by atoms with Crippen molar-refractivity contribution in [2.45, 2.75) is 211 Å². The molecule has 0 amide bonds. The third-order valence-corrected chi connectivity index (χ3v) is 12.5. The van der Waals surface area contributed by atoms with Gasteiger partial charge in [0.05, 0.1) is 0 Å². The summed E-state index contributed by atoms with van der Waals surface area (Å²) in [4.78, 5) is 21.0. The van der Waals surface area contributed by atoms with E-state index in [9.17, 15) is 0 Å². The first-order chi connectivity index (χ1) is 25.1. The molecule has 6 rings (SSSR count). The molecule has 0 bridgehead atoms. The molecule has 52 heavy (non-hydrogen) atoms. The number of nitrogens with zero attached hydrogens (tertiary/aromatic N) is 9. The summed E-state index contributed by atoms with van der Waals surface area (Å²) in [5.41, 5.74) is 0. The molecule has 6 aliphatic rings. The zero-order chi connectivity index (χ0) is 36.3. The molecule has 6 aliphatic carbocycles. The van der Waals surface area contributed by atoms with Crippen LogP contribution in [0.1, 0.15) is 175 Å². The average molecular weight is 798 g/mol. The second kappa shape index (κ2) is 25.9. The number of aliphatic imine (C=N–C) groups is 3. The van der Waals surface area contributed by atoms with Crippen LogP contribution in [0.4, 0.5) is 0 Å². The molecule has 0 spiro atoms. The molecule has 294 valence electrons. The number of guanidine groups is 3. The SMILES string of the molecule is CC[N-]C(=NC)N(C1CCCC1)C1CCCC1.CC[N-]C(=NC)N(C1CCCC1)C1CCCC1.CC[N-]C(=NC)N(C1CCCC1)C1CCCC1.[Y+3]. The molecule has 0 saturated heterocycles. The predicted molar refractivity (Wildman–Crippen MR) is 221 cm³/mol. The molecule has 10 heteroatoms. The van der Waals surface area contributed by atoms with E-state index in [4.69, 9.17) is 0 Å². The average Bonchev–Trinajstić information content (AvgIpc) is 4.00. The molecule has 0 radical (unpaired) electrons. The second-order valence-corrected chi connectivity index (χ2v) is 15.8. The van der Waals surface area contributed by atoms with Crippen LogP contribution in [0, 0.1) is 0 Å². The van der Waals surface area contributed by atoms with Crippen molar-refractivity contribution in [2.75, 3.05) is 40.8 Å². The van der Waals surface area contributed by atoms with E-state index in [0.717, 1.165) is 37.5 Å². The van der Waals surface area contributed by atoms with Gasteiger partial charge in [0.2, 0.25) is 0 Å². The van der Waals surface area contributed by atoms with Gasteiger partial charge in [-0.25, -0.2) is 0 Å². The summed E-state index contributed by atoms with van der Waals surface area (Å²) >= 11 is 0. The van der Waals surface area contributed by atoms with Crippen LogP contribution in [0.3, 0.4) is 0 Å². The van der Waals surface area contributed by atoms with E-state index in [1.165, 1.54) is 154 Å². The Bertz CT molecular complexity index is 838. The zero-order valence-corrected chi connectivity index (χ0v) is 37.5. The van der Waals surface area contributed by atoms with E-state index in [1.54, 1.807) is 0 Å². The second-order valence-electron chi connectivity index (χ2n) is 15.8. The molecule has 9 nitrogen and oxygen atoms in total. The van der Waals surface area contributed by atoms with Gasteiger partial charge in [-0.05, 0) is 154 Å². The molecule has 0 unspecified atom stereocenters. The number of hydrogen-bond acceptors (Lipinski definition) is 3. The Morgan fingerprint density at radius 2 is 0.519 bits per heavy atom. The Hall–Kier alpha value is -1.09. The smallest absolute Gasteiger partial charge is 0.420 e. The number of rotatable bonds is 9. The van der Waals surface area contributed by atoms with Crippen molar-refractivity contribution in [1.82, 2.24) is 14.7 Å². The summed E-state index contributed by atoms with van der Waals surface area (Å²) < 4.78 is 0. The minimum atomic E-state index is 0. The first-order valence-corrected chi connectivity index (χ1v) is 21.9. The monoisotopic (exact) mass is 798 g/mol. The van der Waals surface area contributed by atoms with E-state index in [-0.39, 0.29) is 32.7 Å². The summed E-state index contributed by atoms with van der Waals surface area (Å²) in [5, 5.41) is 13.8. The van der Waals surface area contributed by atoms with Gasteiger partial charge in [0, 0.05) is 17.9 Å². The van der Waals surface area contributed by atoms with Crippen molar-refractivity contribution >= 4 is 17.9 Å². The first kappa shape index (κ1) is 45.3. The van der Waals surface area contributed by atoms with Crippen molar-refractivity contribution in [3.05, 3.63) is 16.0 Å². The molecule has 0 aliphatic heterocycles. The van der Waals surface area contributed by atoms with E-state index >= 15 is 0 Å². The molecule has 6 fully saturated rings. The summed E-state index contributed by atoms with van der Waals surface area (Å²) in [5.74, 6) is 3.06. The van der Waals surface area contributed by atoms with Crippen LogP contribution < -0.4 is 0 Å². The van der Waals surface area contributed by atoms with Crippen molar-refractivity contribution in [2.24, 2.45) is 15.0 Å². The van der Waals surface area contributed by atoms with E-state index in [0.29, 0.717) is 36.3 Å². The minimum Gasteiger partial charge on any atom is -0.420 e. The van der Waals surface area contributed by atoms with Crippen molar-refractivity contribution in [3.63, 3.8) is 0 Å². The first-order valence-electron chi connectivity index (χ1n) is 21.9. The van der Waals surface area contributed by atoms with Gasteiger partial charge >= 0.3 is 32.7 Å². The molecule has 0 heterocycles. The van der Waals surface area contributed by atoms with Crippen molar-refractivity contribution in [3.8, 4) is 0 Å². The Morgan fingerprint density at radius 1 is 0.365 bits per heavy atom. The molecule has 0 aromatic heterocycles. The van der Waals surface area contributed by atoms with E-state index < -0.39 is 0 Å². The Balaban J connectivity index is 0.000000208. The van der Waals surface area contributed by atoms with E-state index in [2.05, 4.69) is 66.4 Å². The maximum atomic E-state index is 4.61. The molecular weight excluding hydrogens is 719 g/mol. The third-order valence-electron chi connectivity index (χ3n) is 12.5. The van der Waals surface area contributed by atoms with Gasteiger partial charge in [-0.3, -0.25) is 0 Å².